The van der Waals surface area contributed by atoms with Crippen molar-refractivity contribution in [2.24, 2.45) is 0 Å². The van der Waals surface area contributed by atoms with Crippen molar-refractivity contribution in [2.45, 2.75) is 31.8 Å². The van der Waals surface area contributed by atoms with Gasteiger partial charge in [0.2, 0.25) is 0 Å². The van der Waals surface area contributed by atoms with Gasteiger partial charge in [0.1, 0.15) is 12.7 Å². The molecule has 0 bridgehead atoms. The van der Waals surface area contributed by atoms with Gasteiger partial charge in [-0.1, -0.05) is 6.92 Å². The molecule has 0 aromatic carbocycles. The summed E-state index contributed by atoms with van der Waals surface area (Å²) in [4.78, 5) is 33.1. The highest BCUT2D eigenvalue weighted by molar-refractivity contribution is 5.94. The molecule has 0 radical (unpaired) electrons. The van der Waals surface area contributed by atoms with Crippen molar-refractivity contribution in [1.29, 1.82) is 0 Å². The van der Waals surface area contributed by atoms with Gasteiger partial charge in [0.05, 0.1) is 12.1 Å². The van der Waals surface area contributed by atoms with Crippen LogP contribution < -0.4 is 5.32 Å². The smallest absolute Gasteiger partial charge is 0.317 e. The molecule has 3 rings (SSSR count). The van der Waals surface area contributed by atoms with Crippen LogP contribution in [0.2, 0.25) is 0 Å². The normalized spacial score (nSPS) is 19.4. The van der Waals surface area contributed by atoms with Crippen molar-refractivity contribution in [3.05, 3.63) is 36.5 Å². The third kappa shape index (κ3) is 4.00. The van der Waals surface area contributed by atoms with E-state index < -0.39 is 5.97 Å². The fourth-order valence-electron chi connectivity index (χ4n) is 2.93. The Hall–Kier alpha value is -2.81. The molecule has 2 aromatic heterocycles. The maximum Gasteiger partial charge on any atom is 0.317 e. The highest BCUT2D eigenvalue weighted by Gasteiger charge is 2.34. The number of carboxylic acid groups (broad SMARTS) is 1. The van der Waals surface area contributed by atoms with E-state index in [2.05, 4.69) is 20.4 Å². The number of aromatic nitrogens is 4. The number of pyridine rings is 1. The van der Waals surface area contributed by atoms with Crippen LogP contribution in [-0.4, -0.2) is 66.8 Å². The number of carboxylic acids is 1. The number of rotatable bonds is 7. The number of amides is 1. The van der Waals surface area contributed by atoms with Gasteiger partial charge >= 0.3 is 5.97 Å². The highest BCUT2D eigenvalue weighted by atomic mass is 16.4. The number of nitrogens with one attached hydrogen (secondary N) is 1. The molecule has 25 heavy (non-hydrogen) atoms. The first kappa shape index (κ1) is 17.0. The summed E-state index contributed by atoms with van der Waals surface area (Å²) in [6.07, 6.45) is 5.98. The fraction of sp³-hybridized carbons (Fsp3) is 0.438. The molecule has 1 aliphatic carbocycles. The molecule has 0 atom stereocenters. The second-order valence-corrected chi connectivity index (χ2v) is 6.00. The van der Waals surface area contributed by atoms with Crippen LogP contribution in [0.15, 0.2) is 31.0 Å². The molecule has 0 unspecified atom stereocenters. The molecule has 0 aliphatic heterocycles. The molecule has 9 nitrogen and oxygen atoms in total. The van der Waals surface area contributed by atoms with Crippen LogP contribution in [0.1, 0.15) is 30.1 Å². The summed E-state index contributed by atoms with van der Waals surface area (Å²) in [5.41, 5.74) is 0.477. The molecule has 1 saturated carbocycles. The minimum Gasteiger partial charge on any atom is -0.480 e. The van der Waals surface area contributed by atoms with Crippen LogP contribution in [0.5, 0.6) is 0 Å². The predicted molar refractivity (Wildman–Crippen MR) is 88.3 cm³/mol. The van der Waals surface area contributed by atoms with Gasteiger partial charge < -0.3 is 10.4 Å². The molecule has 2 aromatic rings. The highest BCUT2D eigenvalue weighted by Crippen LogP contribution is 2.25. The average molecular weight is 344 g/mol. The molecule has 1 aliphatic rings. The molecule has 1 amide bonds. The molecule has 2 heterocycles. The quantitative estimate of drug-likeness (QED) is 0.744. The zero-order valence-corrected chi connectivity index (χ0v) is 13.9. The third-order valence-corrected chi connectivity index (χ3v) is 4.37. The molecule has 132 valence electrons. The average Bonchev–Trinajstić information content (AvgIpc) is 3.10. The zero-order chi connectivity index (χ0) is 17.8. The van der Waals surface area contributed by atoms with E-state index in [1.54, 1.807) is 12.1 Å². The molecule has 1 fully saturated rings. The van der Waals surface area contributed by atoms with Crippen LogP contribution in [0.3, 0.4) is 0 Å². The van der Waals surface area contributed by atoms with E-state index >= 15 is 0 Å². The summed E-state index contributed by atoms with van der Waals surface area (Å²) in [5, 5.41) is 15.8. The number of hydrogen-bond acceptors (Lipinski definition) is 6. The topological polar surface area (TPSA) is 113 Å². The van der Waals surface area contributed by atoms with Crippen molar-refractivity contribution < 1.29 is 14.7 Å². The Morgan fingerprint density at radius 1 is 1.40 bits per heavy atom. The van der Waals surface area contributed by atoms with Gasteiger partial charge in [-0.05, 0) is 31.5 Å². The Morgan fingerprint density at radius 3 is 2.76 bits per heavy atom. The molecule has 9 heteroatoms. The summed E-state index contributed by atoms with van der Waals surface area (Å²) in [7, 11) is 0. The van der Waals surface area contributed by atoms with Gasteiger partial charge in [-0.3, -0.25) is 14.5 Å². The van der Waals surface area contributed by atoms with Crippen molar-refractivity contribution >= 4 is 11.9 Å². The third-order valence-electron chi connectivity index (χ3n) is 4.37. The zero-order valence-electron chi connectivity index (χ0n) is 13.9. The summed E-state index contributed by atoms with van der Waals surface area (Å²) < 4.78 is 1.51. The minimum absolute atomic E-state index is 0.0372. The van der Waals surface area contributed by atoms with E-state index in [4.69, 9.17) is 5.11 Å². The summed E-state index contributed by atoms with van der Waals surface area (Å²) in [6, 6.07) is 3.67. The van der Waals surface area contributed by atoms with Gasteiger partial charge in [0.15, 0.2) is 5.82 Å². The van der Waals surface area contributed by atoms with Crippen LogP contribution in [0.4, 0.5) is 0 Å². The van der Waals surface area contributed by atoms with Crippen molar-refractivity contribution in [3.8, 4) is 5.82 Å². The van der Waals surface area contributed by atoms with Gasteiger partial charge in [-0.2, -0.15) is 5.10 Å². The van der Waals surface area contributed by atoms with E-state index in [0.29, 0.717) is 17.9 Å². The number of likely N-dealkylation sites (N-methyl/N-ethyl adjacent to an activating group) is 1. The van der Waals surface area contributed by atoms with Gasteiger partial charge in [-0.15, -0.1) is 0 Å². The van der Waals surface area contributed by atoms with E-state index in [-0.39, 0.29) is 24.5 Å². The summed E-state index contributed by atoms with van der Waals surface area (Å²) in [5.74, 6) is -0.416. The first-order valence-corrected chi connectivity index (χ1v) is 8.14. The second-order valence-electron chi connectivity index (χ2n) is 6.00. The van der Waals surface area contributed by atoms with E-state index in [1.165, 1.54) is 23.5 Å². The van der Waals surface area contributed by atoms with E-state index in [9.17, 15) is 9.59 Å². The lowest BCUT2D eigenvalue weighted by atomic mass is 9.85. The van der Waals surface area contributed by atoms with Crippen LogP contribution >= 0.6 is 0 Å². The first-order valence-electron chi connectivity index (χ1n) is 8.14. The number of hydrogen-bond donors (Lipinski definition) is 2. The maximum atomic E-state index is 12.3. The Morgan fingerprint density at radius 2 is 2.20 bits per heavy atom. The predicted octanol–water partition coefficient (Wildman–Crippen LogP) is 0.330. The molecular weight excluding hydrogens is 324 g/mol. The Bertz CT molecular complexity index is 725. The van der Waals surface area contributed by atoms with Crippen LogP contribution in [0.25, 0.3) is 5.82 Å². The lowest BCUT2D eigenvalue weighted by Crippen LogP contribution is -2.54. The number of carbonyl (C=O) groups is 2. The number of aliphatic carboxylic acids is 1. The van der Waals surface area contributed by atoms with Gasteiger partial charge in [0, 0.05) is 18.3 Å². The lowest BCUT2D eigenvalue weighted by Gasteiger charge is -2.42. The van der Waals surface area contributed by atoms with Gasteiger partial charge in [-0.25, -0.2) is 14.6 Å². The fourth-order valence-corrected chi connectivity index (χ4v) is 2.93. The van der Waals surface area contributed by atoms with E-state index in [0.717, 1.165) is 12.8 Å². The Balaban J connectivity index is 1.51. The summed E-state index contributed by atoms with van der Waals surface area (Å²) in [6.45, 7) is 2.66. The maximum absolute atomic E-state index is 12.3. The standard InChI is InChI=1S/C16H20N6O3/c1-2-21(8-15(23)24)13-5-12(6-13)20-16(25)11-3-4-14(18-7-11)22-10-17-9-19-22/h3-4,7,9-10,12-13H,2,5-6,8H2,1H3,(H,20,25)(H,23,24). The molecule has 0 spiro atoms. The van der Waals surface area contributed by atoms with Crippen LogP contribution in [-0.2, 0) is 4.79 Å². The Labute approximate surface area is 144 Å². The minimum atomic E-state index is -0.826. The molecule has 0 saturated heterocycles. The molecule has 2 N–H and O–H groups in total. The van der Waals surface area contributed by atoms with Crippen molar-refractivity contribution in [3.63, 3.8) is 0 Å². The van der Waals surface area contributed by atoms with Gasteiger partial charge in [0.25, 0.3) is 5.91 Å². The Kier molecular flexibility index (Phi) is 5.03. The SMILES string of the molecule is CCN(CC(=O)O)C1CC(NC(=O)c2ccc(-n3cncn3)nc2)C1. The van der Waals surface area contributed by atoms with Crippen LogP contribution in [0, 0.1) is 0 Å². The lowest BCUT2D eigenvalue weighted by molar-refractivity contribution is -0.139. The number of nitrogens with zero attached hydrogens (tertiary/aromatic N) is 5. The monoisotopic (exact) mass is 344 g/mol. The van der Waals surface area contributed by atoms with E-state index in [1.807, 2.05) is 11.8 Å². The van der Waals surface area contributed by atoms with Crippen molar-refractivity contribution in [2.75, 3.05) is 13.1 Å². The second kappa shape index (κ2) is 7.39. The van der Waals surface area contributed by atoms with Crippen molar-refractivity contribution in [1.82, 2.24) is 30.0 Å². The molecular formula is C16H20N6O3. The summed E-state index contributed by atoms with van der Waals surface area (Å²) >= 11 is 0. The first-order chi connectivity index (χ1) is 12.1. The largest absolute Gasteiger partial charge is 0.480 e. The number of carbonyl (C=O) groups excluding carboxylic acids is 1.